The molecular formula is C25H28O3. The van der Waals surface area contributed by atoms with Crippen molar-refractivity contribution in [2.75, 3.05) is 13.7 Å². The first-order chi connectivity index (χ1) is 13.7. The van der Waals surface area contributed by atoms with Crippen molar-refractivity contribution in [3.63, 3.8) is 0 Å². The summed E-state index contributed by atoms with van der Waals surface area (Å²) in [6.07, 6.45) is 0. The van der Waals surface area contributed by atoms with E-state index < -0.39 is 0 Å². The first-order valence-electron chi connectivity index (χ1n) is 9.69. The SMILES string of the molecule is COc1ccc(C(COCc2cccc(Oc3ccccc3)c2)C(C)C)cc1. The van der Waals surface area contributed by atoms with Crippen LogP contribution >= 0.6 is 0 Å². The molecule has 0 fully saturated rings. The molecule has 0 N–H and O–H groups in total. The zero-order chi connectivity index (χ0) is 19.8. The van der Waals surface area contributed by atoms with Gasteiger partial charge in [-0.05, 0) is 53.4 Å². The van der Waals surface area contributed by atoms with Gasteiger partial charge in [0.15, 0.2) is 0 Å². The van der Waals surface area contributed by atoms with Gasteiger partial charge in [0, 0.05) is 5.92 Å². The van der Waals surface area contributed by atoms with Crippen LogP contribution in [0.1, 0.15) is 30.9 Å². The van der Waals surface area contributed by atoms with E-state index in [9.17, 15) is 0 Å². The lowest BCUT2D eigenvalue weighted by Crippen LogP contribution is -2.14. The van der Waals surface area contributed by atoms with Gasteiger partial charge in [-0.3, -0.25) is 0 Å². The predicted octanol–water partition coefficient (Wildman–Crippen LogP) is 6.44. The summed E-state index contributed by atoms with van der Waals surface area (Å²) in [5.74, 6) is 3.36. The van der Waals surface area contributed by atoms with Crippen molar-refractivity contribution in [1.82, 2.24) is 0 Å². The third-order valence-electron chi connectivity index (χ3n) is 4.79. The molecule has 3 nitrogen and oxygen atoms in total. The van der Waals surface area contributed by atoms with Gasteiger partial charge in [0.25, 0.3) is 0 Å². The minimum absolute atomic E-state index is 0.342. The van der Waals surface area contributed by atoms with Gasteiger partial charge in [0.2, 0.25) is 0 Å². The van der Waals surface area contributed by atoms with Gasteiger partial charge < -0.3 is 14.2 Å². The lowest BCUT2D eigenvalue weighted by atomic mass is 9.89. The Morgan fingerprint density at radius 2 is 1.46 bits per heavy atom. The second kappa shape index (κ2) is 9.95. The Bertz CT molecular complexity index is 841. The lowest BCUT2D eigenvalue weighted by molar-refractivity contribution is 0.0957. The van der Waals surface area contributed by atoms with Crippen molar-refractivity contribution >= 4 is 0 Å². The smallest absolute Gasteiger partial charge is 0.127 e. The molecule has 0 aromatic heterocycles. The minimum atomic E-state index is 0.342. The van der Waals surface area contributed by atoms with E-state index in [0.29, 0.717) is 25.0 Å². The van der Waals surface area contributed by atoms with E-state index in [1.54, 1.807) is 7.11 Å². The molecule has 0 spiro atoms. The Kier molecular flexibility index (Phi) is 7.10. The van der Waals surface area contributed by atoms with Crippen LogP contribution < -0.4 is 9.47 Å². The summed E-state index contributed by atoms with van der Waals surface area (Å²) in [5.41, 5.74) is 2.38. The summed E-state index contributed by atoms with van der Waals surface area (Å²) in [6.45, 7) is 5.69. The topological polar surface area (TPSA) is 27.7 Å². The summed E-state index contributed by atoms with van der Waals surface area (Å²) >= 11 is 0. The fourth-order valence-electron chi connectivity index (χ4n) is 3.15. The van der Waals surface area contributed by atoms with Crippen LogP contribution in [0.5, 0.6) is 17.2 Å². The van der Waals surface area contributed by atoms with Gasteiger partial charge >= 0.3 is 0 Å². The zero-order valence-electron chi connectivity index (χ0n) is 16.8. The number of hydrogen-bond donors (Lipinski definition) is 0. The number of methoxy groups -OCH3 is 1. The molecule has 0 aliphatic heterocycles. The first kappa shape index (κ1) is 20.0. The molecule has 3 rings (SSSR count). The highest BCUT2D eigenvalue weighted by molar-refractivity contribution is 5.34. The van der Waals surface area contributed by atoms with Crippen LogP contribution in [0.3, 0.4) is 0 Å². The monoisotopic (exact) mass is 376 g/mol. The van der Waals surface area contributed by atoms with Crippen LogP contribution in [0.15, 0.2) is 78.9 Å². The van der Waals surface area contributed by atoms with Crippen molar-refractivity contribution in [2.24, 2.45) is 5.92 Å². The summed E-state index contributed by atoms with van der Waals surface area (Å²) in [5, 5.41) is 0. The number of para-hydroxylation sites is 1. The van der Waals surface area contributed by atoms with Crippen molar-refractivity contribution in [1.29, 1.82) is 0 Å². The predicted molar refractivity (Wildman–Crippen MR) is 113 cm³/mol. The third kappa shape index (κ3) is 5.61. The van der Waals surface area contributed by atoms with E-state index >= 15 is 0 Å². The second-order valence-corrected chi connectivity index (χ2v) is 7.20. The van der Waals surface area contributed by atoms with Crippen LogP contribution in [0.4, 0.5) is 0 Å². The molecule has 1 atom stereocenters. The Labute approximate surface area is 167 Å². The van der Waals surface area contributed by atoms with Crippen LogP contribution in [0, 0.1) is 5.92 Å². The molecule has 3 aromatic rings. The molecular weight excluding hydrogens is 348 g/mol. The van der Waals surface area contributed by atoms with Crippen molar-refractivity contribution in [3.8, 4) is 17.2 Å². The highest BCUT2D eigenvalue weighted by Gasteiger charge is 2.16. The molecule has 0 amide bonds. The summed E-state index contributed by atoms with van der Waals surface area (Å²) in [6, 6.07) is 26.1. The second-order valence-electron chi connectivity index (χ2n) is 7.20. The van der Waals surface area contributed by atoms with Gasteiger partial charge in [-0.15, -0.1) is 0 Å². The van der Waals surface area contributed by atoms with Crippen LogP contribution in [0.2, 0.25) is 0 Å². The maximum absolute atomic E-state index is 6.07. The zero-order valence-corrected chi connectivity index (χ0v) is 16.8. The summed E-state index contributed by atoms with van der Waals surface area (Å²) in [7, 11) is 1.69. The molecule has 3 aromatic carbocycles. The molecule has 0 radical (unpaired) electrons. The Morgan fingerprint density at radius 3 is 2.14 bits per heavy atom. The first-order valence-corrected chi connectivity index (χ1v) is 9.69. The number of ether oxygens (including phenoxy) is 3. The fourth-order valence-corrected chi connectivity index (χ4v) is 3.15. The lowest BCUT2D eigenvalue weighted by Gasteiger charge is -2.22. The van der Waals surface area contributed by atoms with E-state index in [0.717, 1.165) is 22.8 Å². The number of rotatable bonds is 9. The van der Waals surface area contributed by atoms with E-state index in [-0.39, 0.29) is 0 Å². The highest BCUT2D eigenvalue weighted by Crippen LogP contribution is 2.27. The Hall–Kier alpha value is -2.78. The van der Waals surface area contributed by atoms with Crippen LogP contribution in [-0.4, -0.2) is 13.7 Å². The number of hydrogen-bond acceptors (Lipinski definition) is 3. The molecule has 0 aliphatic carbocycles. The van der Waals surface area contributed by atoms with Gasteiger partial charge in [0.05, 0.1) is 20.3 Å². The molecule has 0 saturated heterocycles. The molecule has 3 heteroatoms. The Balaban J connectivity index is 1.58. The van der Waals surface area contributed by atoms with Gasteiger partial charge in [-0.1, -0.05) is 56.3 Å². The average molecular weight is 376 g/mol. The van der Waals surface area contributed by atoms with Crippen LogP contribution in [0.25, 0.3) is 0 Å². The maximum atomic E-state index is 6.07. The van der Waals surface area contributed by atoms with E-state index in [1.165, 1.54) is 5.56 Å². The molecule has 0 heterocycles. The Morgan fingerprint density at radius 1 is 0.750 bits per heavy atom. The van der Waals surface area contributed by atoms with Gasteiger partial charge in [0.1, 0.15) is 17.2 Å². The summed E-state index contributed by atoms with van der Waals surface area (Å²) in [4.78, 5) is 0. The minimum Gasteiger partial charge on any atom is -0.497 e. The van der Waals surface area contributed by atoms with E-state index in [2.05, 4.69) is 32.0 Å². The summed E-state index contributed by atoms with van der Waals surface area (Å²) < 4.78 is 17.2. The quantitative estimate of drug-likeness (QED) is 0.430. The normalized spacial score (nSPS) is 12.0. The largest absolute Gasteiger partial charge is 0.497 e. The van der Waals surface area contributed by atoms with E-state index in [4.69, 9.17) is 14.2 Å². The number of benzene rings is 3. The van der Waals surface area contributed by atoms with Crippen molar-refractivity contribution in [2.45, 2.75) is 26.4 Å². The highest BCUT2D eigenvalue weighted by atomic mass is 16.5. The standard InChI is InChI=1S/C25H28O3/c1-19(2)25(21-12-14-22(26-3)15-13-21)18-27-17-20-8-7-11-24(16-20)28-23-9-5-4-6-10-23/h4-16,19,25H,17-18H2,1-3H3. The fraction of sp³-hybridized carbons (Fsp3) is 0.280. The maximum Gasteiger partial charge on any atom is 0.127 e. The van der Waals surface area contributed by atoms with Crippen molar-refractivity contribution < 1.29 is 14.2 Å². The van der Waals surface area contributed by atoms with Gasteiger partial charge in [-0.25, -0.2) is 0 Å². The molecule has 1 unspecified atom stereocenters. The molecule has 0 saturated carbocycles. The average Bonchev–Trinajstić information content (AvgIpc) is 2.72. The van der Waals surface area contributed by atoms with E-state index in [1.807, 2.05) is 60.7 Å². The van der Waals surface area contributed by atoms with Gasteiger partial charge in [-0.2, -0.15) is 0 Å². The molecule has 146 valence electrons. The van der Waals surface area contributed by atoms with Crippen molar-refractivity contribution in [3.05, 3.63) is 90.0 Å². The molecule has 28 heavy (non-hydrogen) atoms. The molecule has 0 aliphatic rings. The molecule has 0 bridgehead atoms. The van der Waals surface area contributed by atoms with Crippen LogP contribution in [-0.2, 0) is 11.3 Å². The third-order valence-corrected chi connectivity index (χ3v) is 4.79.